The number of hydrogen-bond donors (Lipinski definition) is 1. The third kappa shape index (κ3) is 6.15. The maximum absolute atomic E-state index is 12.6. The second kappa shape index (κ2) is 10.5. The van der Waals surface area contributed by atoms with Crippen LogP contribution < -0.4 is 0 Å². The Kier molecular flexibility index (Phi) is 7.56. The lowest BCUT2D eigenvalue weighted by atomic mass is 9.92. The van der Waals surface area contributed by atoms with E-state index in [0.717, 1.165) is 30.4 Å². The number of ketones is 1. The van der Waals surface area contributed by atoms with E-state index in [0.29, 0.717) is 12.0 Å². The third-order valence-electron chi connectivity index (χ3n) is 5.48. The van der Waals surface area contributed by atoms with Gasteiger partial charge in [-0.05, 0) is 42.9 Å². The van der Waals surface area contributed by atoms with Gasteiger partial charge in [-0.15, -0.1) is 0 Å². The highest BCUT2D eigenvalue weighted by Gasteiger charge is 2.21. The molecule has 0 saturated carbocycles. The van der Waals surface area contributed by atoms with Gasteiger partial charge in [-0.2, -0.15) is 0 Å². The quantitative estimate of drug-likeness (QED) is 0.319. The van der Waals surface area contributed by atoms with Crippen molar-refractivity contribution < 1.29 is 14.7 Å². The van der Waals surface area contributed by atoms with Gasteiger partial charge in [-0.1, -0.05) is 90.8 Å². The number of rotatable bonds is 10. The van der Waals surface area contributed by atoms with Gasteiger partial charge in [0.15, 0.2) is 5.78 Å². The van der Waals surface area contributed by atoms with Gasteiger partial charge in [-0.25, -0.2) is 0 Å². The zero-order chi connectivity index (χ0) is 21.3. The summed E-state index contributed by atoms with van der Waals surface area (Å²) >= 11 is 0. The van der Waals surface area contributed by atoms with Crippen LogP contribution in [0, 0.1) is 12.8 Å². The number of carboxylic acids is 1. The van der Waals surface area contributed by atoms with E-state index in [2.05, 4.69) is 36.4 Å². The van der Waals surface area contributed by atoms with Gasteiger partial charge < -0.3 is 5.11 Å². The van der Waals surface area contributed by atoms with E-state index < -0.39 is 11.9 Å². The summed E-state index contributed by atoms with van der Waals surface area (Å²) in [6.45, 7) is 2.05. The summed E-state index contributed by atoms with van der Waals surface area (Å²) in [6, 6.07) is 25.9. The van der Waals surface area contributed by atoms with Crippen LogP contribution in [-0.4, -0.2) is 16.9 Å². The van der Waals surface area contributed by atoms with Gasteiger partial charge in [0.1, 0.15) is 0 Å². The number of Topliss-reactive ketones (excluding diaryl/α,β-unsaturated/α-hetero) is 1. The summed E-state index contributed by atoms with van der Waals surface area (Å²) in [7, 11) is 0. The number of hydrogen-bond acceptors (Lipinski definition) is 2. The van der Waals surface area contributed by atoms with Gasteiger partial charge in [0.2, 0.25) is 0 Å². The molecule has 154 valence electrons. The predicted octanol–water partition coefficient (Wildman–Crippen LogP) is 6.35. The average molecular weight is 401 g/mol. The van der Waals surface area contributed by atoms with Crippen LogP contribution in [0.2, 0.25) is 0 Å². The molecule has 0 amide bonds. The summed E-state index contributed by atoms with van der Waals surface area (Å²) in [5.74, 6) is -1.63. The molecule has 0 bridgehead atoms. The standard InChI is InChI=1S/C27H28O3/c1-20-11-13-22(14-12-20)23-15-17-24(18-16-23)26(28)19-25(27(29)30)10-6-5-9-21-7-3-2-4-8-21/h2-4,7-8,11-18,25H,5-6,9-10,19H2,1H3,(H,29,30). The highest BCUT2D eigenvalue weighted by molar-refractivity contribution is 5.98. The Labute approximate surface area is 178 Å². The van der Waals surface area contributed by atoms with Crippen LogP contribution in [0.5, 0.6) is 0 Å². The molecule has 1 atom stereocenters. The van der Waals surface area contributed by atoms with Gasteiger partial charge in [0.05, 0.1) is 5.92 Å². The molecule has 3 heteroatoms. The van der Waals surface area contributed by atoms with Crippen LogP contribution in [0.15, 0.2) is 78.9 Å². The topological polar surface area (TPSA) is 54.4 Å². The zero-order valence-electron chi connectivity index (χ0n) is 17.4. The van der Waals surface area contributed by atoms with Crippen molar-refractivity contribution >= 4 is 11.8 Å². The van der Waals surface area contributed by atoms with Crippen LogP contribution in [0.1, 0.15) is 47.2 Å². The van der Waals surface area contributed by atoms with Crippen LogP contribution in [0.3, 0.4) is 0 Å². The maximum atomic E-state index is 12.6. The average Bonchev–Trinajstić information content (AvgIpc) is 2.77. The fourth-order valence-electron chi connectivity index (χ4n) is 3.61. The molecule has 30 heavy (non-hydrogen) atoms. The van der Waals surface area contributed by atoms with E-state index in [4.69, 9.17) is 0 Å². The molecule has 0 radical (unpaired) electrons. The monoisotopic (exact) mass is 400 g/mol. The van der Waals surface area contributed by atoms with Crippen molar-refractivity contribution in [3.63, 3.8) is 0 Å². The lowest BCUT2D eigenvalue weighted by Crippen LogP contribution is -2.18. The van der Waals surface area contributed by atoms with Crippen molar-refractivity contribution in [2.45, 2.75) is 39.0 Å². The zero-order valence-corrected chi connectivity index (χ0v) is 17.4. The minimum Gasteiger partial charge on any atom is -0.481 e. The van der Waals surface area contributed by atoms with Crippen molar-refractivity contribution in [1.29, 1.82) is 0 Å². The Bertz CT molecular complexity index is 957. The predicted molar refractivity (Wildman–Crippen MR) is 121 cm³/mol. The number of benzene rings is 3. The highest BCUT2D eigenvalue weighted by Crippen LogP contribution is 2.22. The van der Waals surface area contributed by atoms with Crippen LogP contribution >= 0.6 is 0 Å². The van der Waals surface area contributed by atoms with Crippen molar-refractivity contribution in [3.05, 3.63) is 95.6 Å². The summed E-state index contributed by atoms with van der Waals surface area (Å²) in [6.07, 6.45) is 3.22. The lowest BCUT2D eigenvalue weighted by Gasteiger charge is -2.12. The van der Waals surface area contributed by atoms with Crippen molar-refractivity contribution in [3.8, 4) is 11.1 Å². The SMILES string of the molecule is Cc1ccc(-c2ccc(C(=O)CC(CCCCc3ccccc3)C(=O)O)cc2)cc1. The molecule has 1 unspecified atom stereocenters. The second-order valence-corrected chi connectivity index (χ2v) is 7.84. The Balaban J connectivity index is 1.54. The molecule has 0 spiro atoms. The molecule has 0 fully saturated rings. The molecule has 0 saturated heterocycles. The molecule has 3 aromatic rings. The summed E-state index contributed by atoms with van der Waals surface area (Å²) in [5.41, 5.74) is 5.17. The third-order valence-corrected chi connectivity index (χ3v) is 5.48. The van der Waals surface area contributed by atoms with Gasteiger partial charge in [0.25, 0.3) is 0 Å². The fraction of sp³-hybridized carbons (Fsp3) is 0.259. The van der Waals surface area contributed by atoms with E-state index in [1.165, 1.54) is 11.1 Å². The first-order chi connectivity index (χ1) is 14.5. The molecule has 3 rings (SSSR count). The summed E-state index contributed by atoms with van der Waals surface area (Å²) in [4.78, 5) is 24.3. The molecule has 0 heterocycles. The molecular formula is C27H28O3. The number of unbranched alkanes of at least 4 members (excludes halogenated alkanes) is 1. The normalized spacial score (nSPS) is 11.8. The molecule has 3 aromatic carbocycles. The van der Waals surface area contributed by atoms with Gasteiger partial charge in [-0.3, -0.25) is 9.59 Å². The minimum atomic E-state index is -0.890. The maximum Gasteiger partial charge on any atom is 0.306 e. The molecule has 0 aromatic heterocycles. The van der Waals surface area contributed by atoms with E-state index in [9.17, 15) is 14.7 Å². The Morgan fingerprint density at radius 3 is 2.00 bits per heavy atom. The molecule has 0 aliphatic rings. The van der Waals surface area contributed by atoms with Crippen LogP contribution in [-0.2, 0) is 11.2 Å². The molecule has 3 nitrogen and oxygen atoms in total. The van der Waals surface area contributed by atoms with Gasteiger partial charge >= 0.3 is 5.97 Å². The fourth-order valence-corrected chi connectivity index (χ4v) is 3.61. The summed E-state index contributed by atoms with van der Waals surface area (Å²) in [5, 5.41) is 9.55. The largest absolute Gasteiger partial charge is 0.481 e. The van der Waals surface area contributed by atoms with E-state index in [1.54, 1.807) is 12.1 Å². The number of carbonyl (C=O) groups excluding carboxylic acids is 1. The highest BCUT2D eigenvalue weighted by atomic mass is 16.4. The minimum absolute atomic E-state index is 0.0462. The number of carboxylic acid groups (broad SMARTS) is 1. The van der Waals surface area contributed by atoms with Crippen LogP contribution in [0.4, 0.5) is 0 Å². The Morgan fingerprint density at radius 2 is 1.40 bits per heavy atom. The number of carbonyl (C=O) groups is 2. The smallest absolute Gasteiger partial charge is 0.306 e. The molecular weight excluding hydrogens is 372 g/mol. The Morgan fingerprint density at radius 1 is 0.800 bits per heavy atom. The first-order valence-electron chi connectivity index (χ1n) is 10.5. The van der Waals surface area contributed by atoms with Crippen molar-refractivity contribution in [2.24, 2.45) is 5.92 Å². The van der Waals surface area contributed by atoms with Gasteiger partial charge in [0, 0.05) is 12.0 Å². The van der Waals surface area contributed by atoms with E-state index in [-0.39, 0.29) is 12.2 Å². The molecule has 1 N–H and O–H groups in total. The number of aryl methyl sites for hydroxylation is 2. The first-order valence-corrected chi connectivity index (χ1v) is 10.5. The summed E-state index contributed by atoms with van der Waals surface area (Å²) < 4.78 is 0. The molecule has 0 aliphatic heterocycles. The lowest BCUT2D eigenvalue weighted by molar-refractivity contribution is -0.141. The first kappa shape index (κ1) is 21.5. The Hall–Kier alpha value is -3.20. The van der Waals surface area contributed by atoms with Crippen LogP contribution in [0.25, 0.3) is 11.1 Å². The van der Waals surface area contributed by atoms with Crippen molar-refractivity contribution in [1.82, 2.24) is 0 Å². The number of aliphatic carboxylic acids is 1. The molecule has 0 aliphatic carbocycles. The van der Waals surface area contributed by atoms with E-state index in [1.807, 2.05) is 37.3 Å². The van der Waals surface area contributed by atoms with Crippen molar-refractivity contribution in [2.75, 3.05) is 0 Å². The second-order valence-electron chi connectivity index (χ2n) is 7.84. The van der Waals surface area contributed by atoms with E-state index >= 15 is 0 Å².